The van der Waals surface area contributed by atoms with Crippen LogP contribution in [-0.4, -0.2) is 24.8 Å². The van der Waals surface area contributed by atoms with Crippen molar-refractivity contribution in [2.75, 3.05) is 13.7 Å². The van der Waals surface area contributed by atoms with Crippen LogP contribution >= 0.6 is 0 Å². The molecule has 4 nitrogen and oxygen atoms in total. The van der Waals surface area contributed by atoms with E-state index in [2.05, 4.69) is 0 Å². The minimum absolute atomic E-state index is 0.118. The summed E-state index contributed by atoms with van der Waals surface area (Å²) in [7, 11) is 1.58. The van der Waals surface area contributed by atoms with Gasteiger partial charge in [-0.25, -0.2) is 4.79 Å². The number of carbonyl (C=O) groups is 1. The number of aryl methyl sites for hydroxylation is 1. The van der Waals surface area contributed by atoms with Gasteiger partial charge in [0.15, 0.2) is 11.5 Å². The summed E-state index contributed by atoms with van der Waals surface area (Å²) in [6.45, 7) is 6.08. The van der Waals surface area contributed by atoms with Gasteiger partial charge in [0.2, 0.25) is 0 Å². The smallest absolute Gasteiger partial charge is 0.328 e. The van der Waals surface area contributed by atoms with E-state index in [1.807, 2.05) is 39.0 Å². The van der Waals surface area contributed by atoms with Crippen molar-refractivity contribution in [3.8, 4) is 11.5 Å². The molecule has 0 saturated heterocycles. The highest BCUT2D eigenvalue weighted by atomic mass is 16.5. The fourth-order valence-electron chi connectivity index (χ4n) is 1.59. The maximum Gasteiger partial charge on any atom is 0.328 e. The van der Waals surface area contributed by atoms with Gasteiger partial charge in [0, 0.05) is 6.08 Å². The zero-order valence-corrected chi connectivity index (χ0v) is 11.8. The van der Waals surface area contributed by atoms with Crippen molar-refractivity contribution in [3.05, 3.63) is 35.4 Å². The number of methoxy groups -OCH3 is 1. The number of aliphatic carboxylic acids is 1. The van der Waals surface area contributed by atoms with Crippen molar-refractivity contribution in [3.63, 3.8) is 0 Å². The minimum Gasteiger partial charge on any atom is -0.493 e. The van der Waals surface area contributed by atoms with Crippen LogP contribution in [-0.2, 0) is 4.79 Å². The average molecular weight is 264 g/mol. The molecule has 1 rings (SSSR count). The first kappa shape index (κ1) is 15.1. The summed E-state index contributed by atoms with van der Waals surface area (Å²) in [6.07, 6.45) is 1.20. The lowest BCUT2D eigenvalue weighted by molar-refractivity contribution is -0.131. The lowest BCUT2D eigenvalue weighted by Crippen LogP contribution is -2.09. The Morgan fingerprint density at radius 2 is 2.05 bits per heavy atom. The average Bonchev–Trinajstić information content (AvgIpc) is 2.34. The molecule has 1 N–H and O–H groups in total. The van der Waals surface area contributed by atoms with Crippen LogP contribution in [0.1, 0.15) is 19.4 Å². The SMILES string of the molecule is COc1cc(C)ccc1OC/C(=C/C(=O)O)C(C)C. The van der Waals surface area contributed by atoms with E-state index in [0.717, 1.165) is 11.1 Å². The maximum atomic E-state index is 10.7. The first-order chi connectivity index (χ1) is 8.93. The molecule has 0 radical (unpaired) electrons. The van der Waals surface area contributed by atoms with Crippen LogP contribution in [0.3, 0.4) is 0 Å². The van der Waals surface area contributed by atoms with Crippen LogP contribution in [0.2, 0.25) is 0 Å². The van der Waals surface area contributed by atoms with E-state index in [0.29, 0.717) is 11.5 Å². The molecule has 1 aromatic carbocycles. The molecule has 0 aliphatic carbocycles. The van der Waals surface area contributed by atoms with E-state index >= 15 is 0 Å². The highest BCUT2D eigenvalue weighted by Crippen LogP contribution is 2.28. The van der Waals surface area contributed by atoms with Gasteiger partial charge in [0.05, 0.1) is 7.11 Å². The third kappa shape index (κ3) is 4.66. The van der Waals surface area contributed by atoms with Gasteiger partial charge < -0.3 is 14.6 Å². The molecule has 0 aliphatic heterocycles. The summed E-state index contributed by atoms with van der Waals surface area (Å²) in [5, 5.41) is 8.81. The Kier molecular flexibility index (Phi) is 5.42. The van der Waals surface area contributed by atoms with Gasteiger partial charge in [-0.3, -0.25) is 0 Å². The number of hydrogen-bond acceptors (Lipinski definition) is 3. The second-order valence-corrected chi connectivity index (χ2v) is 4.66. The molecule has 0 amide bonds. The third-order valence-corrected chi connectivity index (χ3v) is 2.76. The van der Waals surface area contributed by atoms with Crippen molar-refractivity contribution in [2.24, 2.45) is 5.92 Å². The lowest BCUT2D eigenvalue weighted by atomic mass is 10.0. The topological polar surface area (TPSA) is 55.8 Å². The Morgan fingerprint density at radius 3 is 2.58 bits per heavy atom. The molecule has 0 unspecified atom stereocenters. The number of rotatable bonds is 6. The van der Waals surface area contributed by atoms with Gasteiger partial charge in [0.25, 0.3) is 0 Å². The first-order valence-electron chi connectivity index (χ1n) is 6.15. The van der Waals surface area contributed by atoms with E-state index in [4.69, 9.17) is 14.6 Å². The van der Waals surface area contributed by atoms with Crippen LogP contribution < -0.4 is 9.47 Å². The van der Waals surface area contributed by atoms with Gasteiger partial charge in [-0.15, -0.1) is 0 Å². The number of ether oxygens (including phenoxy) is 2. The van der Waals surface area contributed by atoms with Crippen molar-refractivity contribution in [1.29, 1.82) is 0 Å². The molecule has 4 heteroatoms. The monoisotopic (exact) mass is 264 g/mol. The Balaban J connectivity index is 2.83. The van der Waals surface area contributed by atoms with Crippen LogP contribution in [0.4, 0.5) is 0 Å². The van der Waals surface area contributed by atoms with E-state index < -0.39 is 5.97 Å². The quantitative estimate of drug-likeness (QED) is 0.802. The summed E-state index contributed by atoms with van der Waals surface area (Å²) in [5.74, 6) is 0.430. The Hall–Kier alpha value is -1.97. The fourth-order valence-corrected chi connectivity index (χ4v) is 1.59. The molecule has 0 spiro atoms. The number of carboxylic acids is 1. The first-order valence-corrected chi connectivity index (χ1v) is 6.15. The Morgan fingerprint density at radius 1 is 1.37 bits per heavy atom. The van der Waals surface area contributed by atoms with Crippen LogP contribution in [0.5, 0.6) is 11.5 Å². The predicted molar refractivity (Wildman–Crippen MR) is 73.8 cm³/mol. The van der Waals surface area contributed by atoms with Crippen molar-refractivity contribution in [1.82, 2.24) is 0 Å². The van der Waals surface area contributed by atoms with Gasteiger partial charge in [-0.05, 0) is 36.1 Å². The second kappa shape index (κ2) is 6.83. The van der Waals surface area contributed by atoms with E-state index in [-0.39, 0.29) is 12.5 Å². The van der Waals surface area contributed by atoms with Crippen LogP contribution in [0, 0.1) is 12.8 Å². The lowest BCUT2D eigenvalue weighted by Gasteiger charge is -2.15. The number of hydrogen-bond donors (Lipinski definition) is 1. The molecular weight excluding hydrogens is 244 g/mol. The molecular formula is C15H20O4. The standard InChI is InChI=1S/C15H20O4/c1-10(2)12(8-15(16)17)9-19-13-6-5-11(3)7-14(13)18-4/h5-8,10H,9H2,1-4H3,(H,16,17)/b12-8-. The summed E-state index contributed by atoms with van der Waals surface area (Å²) < 4.78 is 10.9. The summed E-state index contributed by atoms with van der Waals surface area (Å²) in [4.78, 5) is 10.7. The molecule has 0 atom stereocenters. The van der Waals surface area contributed by atoms with Gasteiger partial charge in [0.1, 0.15) is 6.61 Å². The van der Waals surface area contributed by atoms with Gasteiger partial charge in [-0.1, -0.05) is 19.9 Å². The predicted octanol–water partition coefficient (Wildman–Crippen LogP) is 3.05. The summed E-state index contributed by atoms with van der Waals surface area (Å²) in [5.41, 5.74) is 1.81. The zero-order chi connectivity index (χ0) is 14.4. The summed E-state index contributed by atoms with van der Waals surface area (Å²) in [6, 6.07) is 5.63. The molecule has 0 aromatic heterocycles. The minimum atomic E-state index is -0.955. The number of carboxylic acid groups (broad SMARTS) is 1. The number of benzene rings is 1. The normalized spacial score (nSPS) is 11.5. The van der Waals surface area contributed by atoms with Gasteiger partial charge >= 0.3 is 5.97 Å². The Bertz CT molecular complexity index is 475. The molecule has 0 heterocycles. The molecule has 104 valence electrons. The highest BCUT2D eigenvalue weighted by molar-refractivity contribution is 5.80. The van der Waals surface area contributed by atoms with E-state index in [9.17, 15) is 4.79 Å². The molecule has 1 aromatic rings. The maximum absolute atomic E-state index is 10.7. The molecule has 0 bridgehead atoms. The van der Waals surface area contributed by atoms with E-state index in [1.165, 1.54) is 6.08 Å². The van der Waals surface area contributed by atoms with Crippen LogP contribution in [0.25, 0.3) is 0 Å². The van der Waals surface area contributed by atoms with Gasteiger partial charge in [-0.2, -0.15) is 0 Å². The van der Waals surface area contributed by atoms with Crippen molar-refractivity contribution < 1.29 is 19.4 Å². The Labute approximate surface area is 113 Å². The van der Waals surface area contributed by atoms with E-state index in [1.54, 1.807) is 7.11 Å². The fraction of sp³-hybridized carbons (Fsp3) is 0.400. The zero-order valence-electron chi connectivity index (χ0n) is 11.8. The molecule has 0 fully saturated rings. The molecule has 0 saturated carbocycles. The third-order valence-electron chi connectivity index (χ3n) is 2.76. The molecule has 19 heavy (non-hydrogen) atoms. The second-order valence-electron chi connectivity index (χ2n) is 4.66. The molecule has 0 aliphatic rings. The van der Waals surface area contributed by atoms with Crippen LogP contribution in [0.15, 0.2) is 29.8 Å². The van der Waals surface area contributed by atoms with Crippen molar-refractivity contribution >= 4 is 5.97 Å². The largest absolute Gasteiger partial charge is 0.493 e. The summed E-state index contributed by atoms with van der Waals surface area (Å²) >= 11 is 0. The van der Waals surface area contributed by atoms with Crippen molar-refractivity contribution in [2.45, 2.75) is 20.8 Å². The highest BCUT2D eigenvalue weighted by Gasteiger charge is 2.09.